The summed E-state index contributed by atoms with van der Waals surface area (Å²) in [5.74, 6) is -1.01. The Morgan fingerprint density at radius 1 is 1.16 bits per heavy atom. The van der Waals surface area contributed by atoms with Crippen molar-refractivity contribution in [3.63, 3.8) is 0 Å². The van der Waals surface area contributed by atoms with Crippen LogP contribution in [-0.2, 0) is 13.2 Å². The Morgan fingerprint density at radius 2 is 1.79 bits per heavy atom. The molecule has 0 N–H and O–H groups in total. The summed E-state index contributed by atoms with van der Waals surface area (Å²) >= 11 is 5.00. The molecule has 1 heterocycles. The maximum Gasteiger partial charge on any atom is 0.452 e. The molecule has 0 aliphatic heterocycles. The van der Waals surface area contributed by atoms with Gasteiger partial charge in [-0.05, 0) is 49.3 Å². The maximum atomic E-state index is 13.0. The van der Waals surface area contributed by atoms with Gasteiger partial charge in [-0.1, -0.05) is 6.07 Å². The highest BCUT2D eigenvalue weighted by atomic mass is 32.1. The van der Waals surface area contributed by atoms with E-state index in [0.29, 0.717) is 5.69 Å². The number of halogens is 3. The molecule has 0 radical (unpaired) electrons. The summed E-state index contributed by atoms with van der Waals surface area (Å²) in [5.41, 5.74) is 2.28. The molecule has 0 aliphatic carbocycles. The molecule has 0 aliphatic rings. The van der Waals surface area contributed by atoms with Crippen LogP contribution in [0.3, 0.4) is 0 Å². The van der Waals surface area contributed by atoms with Crippen molar-refractivity contribution in [1.29, 1.82) is 0 Å². The van der Waals surface area contributed by atoms with Crippen molar-refractivity contribution < 1.29 is 13.2 Å². The van der Waals surface area contributed by atoms with Crippen LogP contribution in [0.2, 0.25) is 0 Å². The van der Waals surface area contributed by atoms with Gasteiger partial charge in [-0.2, -0.15) is 13.2 Å². The molecule has 0 spiro atoms. The monoisotopic (exact) mass is 287 g/mol. The summed E-state index contributed by atoms with van der Waals surface area (Å²) < 4.78 is 40.9. The van der Waals surface area contributed by atoms with Gasteiger partial charge in [0.25, 0.3) is 0 Å². The molecule has 1 aromatic heterocycles. The van der Waals surface area contributed by atoms with E-state index in [9.17, 15) is 13.2 Å². The average Bonchev–Trinajstić information content (AvgIpc) is 2.60. The molecule has 2 aromatic rings. The second-order valence-corrected chi connectivity index (χ2v) is 4.70. The molecule has 0 amide bonds. The molecule has 2 rings (SSSR count). The molecule has 1 aromatic carbocycles. The summed E-state index contributed by atoms with van der Waals surface area (Å²) in [6.07, 6.45) is -4.55. The zero-order valence-corrected chi connectivity index (χ0v) is 11.4. The van der Waals surface area contributed by atoms with E-state index < -0.39 is 12.0 Å². The van der Waals surface area contributed by atoms with Crippen LogP contribution in [-0.4, -0.2) is 14.3 Å². The van der Waals surface area contributed by atoms with Crippen LogP contribution in [0.5, 0.6) is 0 Å². The fourth-order valence-corrected chi connectivity index (χ4v) is 1.98. The Balaban J connectivity index is 2.74. The van der Waals surface area contributed by atoms with E-state index in [-0.39, 0.29) is 4.77 Å². The van der Waals surface area contributed by atoms with Gasteiger partial charge in [-0.3, -0.25) is 4.57 Å². The minimum absolute atomic E-state index is 0.00979. The molecule has 0 unspecified atom stereocenters. The maximum absolute atomic E-state index is 13.0. The Kier molecular flexibility index (Phi) is 3.25. The lowest BCUT2D eigenvalue weighted by molar-refractivity contribution is -0.146. The summed E-state index contributed by atoms with van der Waals surface area (Å²) in [6.45, 7) is 3.73. The second kappa shape index (κ2) is 4.48. The highest BCUT2D eigenvalue weighted by Crippen LogP contribution is 2.30. The van der Waals surface area contributed by atoms with Gasteiger partial charge in [0.2, 0.25) is 10.6 Å². The SMILES string of the molecule is Cc1ccc(-n2c(C(F)(F)F)nn(C)c2=S)cc1C. The van der Waals surface area contributed by atoms with Crippen molar-refractivity contribution in [1.82, 2.24) is 14.3 Å². The quantitative estimate of drug-likeness (QED) is 0.748. The number of hydrogen-bond donors (Lipinski definition) is 0. The van der Waals surface area contributed by atoms with E-state index in [1.54, 1.807) is 18.2 Å². The van der Waals surface area contributed by atoms with Crippen LogP contribution in [0, 0.1) is 18.6 Å². The third-order valence-corrected chi connectivity index (χ3v) is 3.37. The number of rotatable bonds is 1. The van der Waals surface area contributed by atoms with Gasteiger partial charge in [-0.25, -0.2) is 4.68 Å². The van der Waals surface area contributed by atoms with E-state index in [2.05, 4.69) is 5.10 Å². The first-order valence-electron chi connectivity index (χ1n) is 5.52. The lowest BCUT2D eigenvalue weighted by Gasteiger charge is -2.10. The molecule has 0 atom stereocenters. The molecule has 0 saturated carbocycles. The first kappa shape index (κ1) is 13.8. The summed E-state index contributed by atoms with van der Waals surface area (Å²) in [4.78, 5) is 0. The topological polar surface area (TPSA) is 22.8 Å². The van der Waals surface area contributed by atoms with Crippen molar-refractivity contribution >= 4 is 12.2 Å². The Hall–Kier alpha value is -1.63. The Bertz CT molecular complexity index is 683. The van der Waals surface area contributed by atoms with E-state index in [4.69, 9.17) is 12.2 Å². The van der Waals surface area contributed by atoms with Gasteiger partial charge < -0.3 is 0 Å². The molecule has 0 bridgehead atoms. The molecular formula is C12H12F3N3S. The molecule has 19 heavy (non-hydrogen) atoms. The summed E-state index contributed by atoms with van der Waals surface area (Å²) in [6, 6.07) is 5.04. The number of nitrogens with zero attached hydrogens (tertiary/aromatic N) is 3. The predicted molar refractivity (Wildman–Crippen MR) is 67.8 cm³/mol. The van der Waals surface area contributed by atoms with Gasteiger partial charge in [0.1, 0.15) is 0 Å². The average molecular weight is 287 g/mol. The lowest BCUT2D eigenvalue weighted by atomic mass is 10.1. The van der Waals surface area contributed by atoms with Crippen molar-refractivity contribution in [2.45, 2.75) is 20.0 Å². The first-order valence-corrected chi connectivity index (χ1v) is 5.93. The number of aryl methyl sites for hydroxylation is 3. The normalized spacial score (nSPS) is 11.9. The number of hydrogen-bond acceptors (Lipinski definition) is 2. The zero-order valence-electron chi connectivity index (χ0n) is 10.6. The molecule has 102 valence electrons. The van der Waals surface area contributed by atoms with Crippen LogP contribution < -0.4 is 0 Å². The van der Waals surface area contributed by atoms with Crippen LogP contribution in [0.1, 0.15) is 17.0 Å². The minimum Gasteiger partial charge on any atom is -0.264 e. The van der Waals surface area contributed by atoms with Crippen molar-refractivity contribution in [3.05, 3.63) is 39.9 Å². The third-order valence-electron chi connectivity index (χ3n) is 2.93. The van der Waals surface area contributed by atoms with Gasteiger partial charge in [-0.15, -0.1) is 5.10 Å². The fourth-order valence-electron chi connectivity index (χ4n) is 1.75. The second-order valence-electron chi connectivity index (χ2n) is 4.33. The third kappa shape index (κ3) is 2.42. The summed E-state index contributed by atoms with van der Waals surface area (Å²) in [5, 5.41) is 3.46. The Morgan fingerprint density at radius 3 is 2.32 bits per heavy atom. The number of benzene rings is 1. The molecule has 0 saturated heterocycles. The predicted octanol–water partition coefficient (Wildman–Crippen LogP) is 3.58. The minimum atomic E-state index is -4.55. The largest absolute Gasteiger partial charge is 0.452 e. The van der Waals surface area contributed by atoms with Crippen molar-refractivity contribution in [2.75, 3.05) is 0 Å². The lowest BCUT2D eigenvalue weighted by Crippen LogP contribution is -2.14. The standard InChI is InChI=1S/C12H12F3N3S/c1-7-4-5-9(6-8(7)2)18-10(12(13,14)15)16-17(3)11(18)19/h4-6H,1-3H3. The van der Waals surface area contributed by atoms with Gasteiger partial charge in [0, 0.05) is 7.05 Å². The van der Waals surface area contributed by atoms with E-state index >= 15 is 0 Å². The van der Waals surface area contributed by atoms with Gasteiger partial charge >= 0.3 is 6.18 Å². The molecule has 3 nitrogen and oxygen atoms in total. The van der Waals surface area contributed by atoms with Gasteiger partial charge in [0.15, 0.2) is 0 Å². The van der Waals surface area contributed by atoms with Crippen LogP contribution >= 0.6 is 12.2 Å². The number of alkyl halides is 3. The van der Waals surface area contributed by atoms with E-state index in [0.717, 1.165) is 20.4 Å². The fraction of sp³-hybridized carbons (Fsp3) is 0.333. The highest BCUT2D eigenvalue weighted by Gasteiger charge is 2.38. The summed E-state index contributed by atoms with van der Waals surface area (Å²) in [7, 11) is 1.40. The van der Waals surface area contributed by atoms with Crippen LogP contribution in [0.15, 0.2) is 18.2 Å². The van der Waals surface area contributed by atoms with Crippen molar-refractivity contribution in [3.8, 4) is 5.69 Å². The van der Waals surface area contributed by atoms with E-state index in [1.165, 1.54) is 7.05 Å². The smallest absolute Gasteiger partial charge is 0.264 e. The molecular weight excluding hydrogens is 275 g/mol. The zero-order chi connectivity index (χ0) is 14.4. The van der Waals surface area contributed by atoms with Gasteiger partial charge in [0.05, 0.1) is 5.69 Å². The molecule has 7 heteroatoms. The number of aromatic nitrogens is 3. The Labute approximate surface area is 113 Å². The first-order chi connectivity index (χ1) is 8.71. The highest BCUT2D eigenvalue weighted by molar-refractivity contribution is 7.71. The van der Waals surface area contributed by atoms with Crippen molar-refractivity contribution in [2.24, 2.45) is 7.05 Å². The molecule has 0 fully saturated rings. The van der Waals surface area contributed by atoms with Crippen LogP contribution in [0.4, 0.5) is 13.2 Å². The van der Waals surface area contributed by atoms with E-state index in [1.807, 2.05) is 13.8 Å². The van der Waals surface area contributed by atoms with Crippen LogP contribution in [0.25, 0.3) is 5.69 Å².